The minimum Gasteiger partial charge on any atom is -0.450 e. The second-order valence-corrected chi connectivity index (χ2v) is 8.85. The quantitative estimate of drug-likeness (QED) is 0.375. The fraction of sp³-hybridized carbons (Fsp3) is 0.136. The first kappa shape index (κ1) is 19.3. The highest BCUT2D eigenvalue weighted by Crippen LogP contribution is 2.43. The van der Waals surface area contributed by atoms with Crippen LogP contribution >= 0.6 is 34.5 Å². The first-order chi connectivity index (χ1) is 14.3. The Morgan fingerprint density at radius 2 is 1.87 bits per heavy atom. The summed E-state index contributed by atoms with van der Waals surface area (Å²) < 4.78 is 5.94. The highest BCUT2D eigenvalue weighted by Gasteiger charge is 2.45. The van der Waals surface area contributed by atoms with E-state index in [-0.39, 0.29) is 16.8 Å². The molecule has 8 heteroatoms. The lowest BCUT2D eigenvalue weighted by atomic mass is 9.98. The van der Waals surface area contributed by atoms with Gasteiger partial charge in [-0.3, -0.25) is 14.5 Å². The molecule has 0 aliphatic carbocycles. The van der Waals surface area contributed by atoms with Crippen LogP contribution in [0.2, 0.25) is 10.0 Å². The van der Waals surface area contributed by atoms with Crippen molar-refractivity contribution in [2.45, 2.75) is 19.9 Å². The summed E-state index contributed by atoms with van der Waals surface area (Å²) in [6, 6.07) is 9.70. The molecular weight excluding hydrogens is 443 g/mol. The van der Waals surface area contributed by atoms with E-state index in [1.807, 2.05) is 25.3 Å². The number of aryl methyl sites for hydroxylation is 2. The van der Waals surface area contributed by atoms with Crippen LogP contribution in [0.1, 0.15) is 39.0 Å². The maximum absolute atomic E-state index is 13.5. The number of hydrogen-bond acceptors (Lipinski definition) is 5. The average molecular weight is 457 g/mol. The van der Waals surface area contributed by atoms with Gasteiger partial charge in [-0.15, -0.1) is 11.3 Å². The third-order valence-electron chi connectivity index (χ3n) is 5.10. The smallest absolute Gasteiger partial charge is 0.297 e. The summed E-state index contributed by atoms with van der Waals surface area (Å²) in [5.41, 5.74) is 2.79. The Morgan fingerprint density at radius 1 is 1.07 bits per heavy atom. The minimum atomic E-state index is -0.714. The SMILES string of the molecule is Cc1ccc2oc3c(c(=O)c2c1)[C@@H](c1ccc(Cl)c(Cl)c1)N(c1nc(C)cs1)C3=O. The number of aromatic nitrogens is 1. The summed E-state index contributed by atoms with van der Waals surface area (Å²) in [4.78, 5) is 32.9. The van der Waals surface area contributed by atoms with Crippen molar-refractivity contribution in [3.8, 4) is 0 Å². The van der Waals surface area contributed by atoms with Gasteiger partial charge in [0.2, 0.25) is 5.76 Å². The Kier molecular flexibility index (Phi) is 4.47. The van der Waals surface area contributed by atoms with Crippen LogP contribution in [-0.2, 0) is 0 Å². The van der Waals surface area contributed by atoms with Gasteiger partial charge in [-0.2, -0.15) is 0 Å². The molecule has 0 bridgehead atoms. The van der Waals surface area contributed by atoms with Gasteiger partial charge in [-0.1, -0.05) is 40.9 Å². The number of thiazole rings is 1. The van der Waals surface area contributed by atoms with Gasteiger partial charge < -0.3 is 4.42 Å². The molecule has 150 valence electrons. The molecule has 3 heterocycles. The topological polar surface area (TPSA) is 63.4 Å². The predicted octanol–water partition coefficient (Wildman–Crippen LogP) is 5.92. The summed E-state index contributed by atoms with van der Waals surface area (Å²) in [6.45, 7) is 3.75. The van der Waals surface area contributed by atoms with Gasteiger partial charge in [0.15, 0.2) is 10.6 Å². The second-order valence-electron chi connectivity index (χ2n) is 7.20. The summed E-state index contributed by atoms with van der Waals surface area (Å²) >= 11 is 13.7. The number of nitrogens with zero attached hydrogens (tertiary/aromatic N) is 2. The van der Waals surface area contributed by atoms with Crippen LogP contribution < -0.4 is 10.3 Å². The molecule has 1 aliphatic heterocycles. The number of carbonyl (C=O) groups is 1. The van der Waals surface area contributed by atoms with Crippen LogP contribution in [-0.4, -0.2) is 10.9 Å². The number of rotatable bonds is 2. The summed E-state index contributed by atoms with van der Waals surface area (Å²) in [6.07, 6.45) is 0. The van der Waals surface area contributed by atoms with Crippen molar-refractivity contribution < 1.29 is 9.21 Å². The van der Waals surface area contributed by atoms with Crippen molar-refractivity contribution in [3.63, 3.8) is 0 Å². The molecule has 2 aromatic carbocycles. The Balaban J connectivity index is 1.84. The molecule has 4 aromatic rings. The molecule has 0 unspecified atom stereocenters. The highest BCUT2D eigenvalue weighted by molar-refractivity contribution is 7.14. The zero-order valence-electron chi connectivity index (χ0n) is 15.9. The van der Waals surface area contributed by atoms with Crippen molar-refractivity contribution >= 4 is 56.5 Å². The Labute approximate surface area is 185 Å². The molecule has 0 fully saturated rings. The summed E-state index contributed by atoms with van der Waals surface area (Å²) in [7, 11) is 0. The lowest BCUT2D eigenvalue weighted by Gasteiger charge is -2.22. The molecule has 5 rings (SSSR count). The van der Waals surface area contributed by atoms with E-state index in [0.29, 0.717) is 31.7 Å². The molecule has 1 amide bonds. The number of carbonyl (C=O) groups excluding carboxylic acids is 1. The number of halogens is 2. The lowest BCUT2D eigenvalue weighted by molar-refractivity contribution is 0.0971. The van der Waals surface area contributed by atoms with E-state index in [1.54, 1.807) is 30.3 Å². The predicted molar refractivity (Wildman–Crippen MR) is 119 cm³/mol. The Bertz CT molecular complexity index is 1410. The fourth-order valence-electron chi connectivity index (χ4n) is 3.73. The van der Waals surface area contributed by atoms with Crippen molar-refractivity contribution in [2.24, 2.45) is 0 Å². The molecule has 30 heavy (non-hydrogen) atoms. The maximum Gasteiger partial charge on any atom is 0.297 e. The van der Waals surface area contributed by atoms with Gasteiger partial charge >= 0.3 is 0 Å². The van der Waals surface area contributed by atoms with Crippen molar-refractivity contribution in [1.29, 1.82) is 0 Å². The second kappa shape index (κ2) is 6.94. The molecule has 2 aromatic heterocycles. The molecule has 0 spiro atoms. The molecule has 0 N–H and O–H groups in total. The zero-order valence-corrected chi connectivity index (χ0v) is 18.2. The first-order valence-electron chi connectivity index (χ1n) is 9.13. The maximum atomic E-state index is 13.5. The van der Waals surface area contributed by atoms with E-state index in [2.05, 4.69) is 4.98 Å². The van der Waals surface area contributed by atoms with E-state index < -0.39 is 11.9 Å². The van der Waals surface area contributed by atoms with Gasteiger partial charge in [0.1, 0.15) is 5.58 Å². The van der Waals surface area contributed by atoms with Gasteiger partial charge in [0.25, 0.3) is 5.91 Å². The molecule has 5 nitrogen and oxygen atoms in total. The number of anilines is 1. The number of hydrogen-bond donors (Lipinski definition) is 0. The van der Waals surface area contributed by atoms with Gasteiger partial charge in [0.05, 0.1) is 32.7 Å². The molecule has 0 saturated heterocycles. The van der Waals surface area contributed by atoms with Crippen molar-refractivity contribution in [1.82, 2.24) is 4.98 Å². The van der Waals surface area contributed by atoms with E-state index in [1.165, 1.54) is 16.2 Å². The molecule has 0 saturated carbocycles. The van der Waals surface area contributed by atoms with E-state index >= 15 is 0 Å². The largest absolute Gasteiger partial charge is 0.450 e. The number of amides is 1. The summed E-state index contributed by atoms with van der Waals surface area (Å²) in [5.74, 6) is -0.379. The number of fused-ring (bicyclic) bond motifs is 2. The van der Waals surface area contributed by atoms with Crippen LogP contribution in [0.25, 0.3) is 11.0 Å². The third-order valence-corrected chi connectivity index (χ3v) is 6.79. The molecule has 0 radical (unpaired) electrons. The monoisotopic (exact) mass is 456 g/mol. The van der Waals surface area contributed by atoms with Crippen molar-refractivity contribution in [2.75, 3.05) is 4.90 Å². The molecular formula is C22H14Cl2N2O3S. The highest BCUT2D eigenvalue weighted by atomic mass is 35.5. The van der Waals surface area contributed by atoms with Crippen molar-refractivity contribution in [3.05, 3.63) is 90.2 Å². The third kappa shape index (κ3) is 2.87. The van der Waals surface area contributed by atoms with E-state index in [9.17, 15) is 9.59 Å². The normalized spacial score (nSPS) is 15.8. The lowest BCUT2D eigenvalue weighted by Crippen LogP contribution is -2.29. The minimum absolute atomic E-state index is 0.0280. The van der Waals surface area contributed by atoms with Crippen LogP contribution in [0.3, 0.4) is 0 Å². The first-order valence-corrected chi connectivity index (χ1v) is 10.8. The molecule has 1 atom stereocenters. The number of benzene rings is 2. The van der Waals surface area contributed by atoms with E-state index in [4.69, 9.17) is 27.6 Å². The van der Waals surface area contributed by atoms with Crippen LogP contribution in [0.5, 0.6) is 0 Å². The summed E-state index contributed by atoms with van der Waals surface area (Å²) in [5, 5.41) is 3.50. The van der Waals surface area contributed by atoms with Gasteiger partial charge in [-0.05, 0) is 43.7 Å². The standard InChI is InChI=1S/C22H14Cl2N2O3S/c1-10-3-6-16-13(7-10)19(27)17-18(12-4-5-14(23)15(24)8-12)26(21(28)20(17)29-16)22-25-11(2)9-30-22/h3-9,18H,1-2H3/t18-/m1/s1. The zero-order chi connectivity index (χ0) is 21.2. The van der Waals surface area contributed by atoms with Gasteiger partial charge in [-0.25, -0.2) is 4.98 Å². The van der Waals surface area contributed by atoms with Crippen LogP contribution in [0.4, 0.5) is 5.13 Å². The van der Waals surface area contributed by atoms with E-state index in [0.717, 1.165) is 11.3 Å². The Morgan fingerprint density at radius 3 is 2.57 bits per heavy atom. The van der Waals surface area contributed by atoms with Crippen LogP contribution in [0, 0.1) is 13.8 Å². The fourth-order valence-corrected chi connectivity index (χ4v) is 4.87. The van der Waals surface area contributed by atoms with Crippen LogP contribution in [0.15, 0.2) is 51.0 Å². The average Bonchev–Trinajstić information content (AvgIpc) is 3.26. The Hall–Kier alpha value is -2.67. The van der Waals surface area contributed by atoms with Gasteiger partial charge in [0, 0.05) is 5.38 Å². The molecule has 1 aliphatic rings.